The maximum Gasteiger partial charge on any atom is 0.244 e. The standard InChI is InChI=1S/C18H19ClN6O4S2/c1-11(30-18-21-22-23-25(18)13-5-7-14(26)8-6-13)17(27)20-12-4-9-15(19)16(10-12)31(28,29)24(2)3/h4-11,26H,1-3H3,(H,20,27). The van der Waals surface area contributed by atoms with E-state index in [1.54, 1.807) is 19.1 Å². The van der Waals surface area contributed by atoms with Gasteiger partial charge in [0.25, 0.3) is 0 Å². The number of hydrogen-bond acceptors (Lipinski definition) is 8. The van der Waals surface area contributed by atoms with Gasteiger partial charge in [-0.25, -0.2) is 12.7 Å². The van der Waals surface area contributed by atoms with Gasteiger partial charge < -0.3 is 10.4 Å². The first kappa shape index (κ1) is 23.0. The van der Waals surface area contributed by atoms with Crippen molar-refractivity contribution in [1.29, 1.82) is 0 Å². The van der Waals surface area contributed by atoms with Gasteiger partial charge in [-0.2, -0.15) is 4.68 Å². The molecule has 0 aliphatic rings. The zero-order valence-electron chi connectivity index (χ0n) is 16.7. The number of tetrazole rings is 1. The Morgan fingerprint density at radius 2 is 1.90 bits per heavy atom. The minimum Gasteiger partial charge on any atom is -0.508 e. The number of nitrogens with zero attached hydrogens (tertiary/aromatic N) is 5. The first-order chi connectivity index (χ1) is 14.6. The number of carbonyl (C=O) groups is 1. The fourth-order valence-corrected chi connectivity index (χ4v) is 4.64. The number of carbonyl (C=O) groups excluding carboxylic acids is 1. The van der Waals surface area contributed by atoms with Gasteiger partial charge >= 0.3 is 0 Å². The van der Waals surface area contributed by atoms with Gasteiger partial charge in [0.05, 0.1) is 16.0 Å². The van der Waals surface area contributed by atoms with E-state index in [4.69, 9.17) is 11.6 Å². The first-order valence-corrected chi connectivity index (χ1v) is 11.6. The summed E-state index contributed by atoms with van der Waals surface area (Å²) >= 11 is 7.16. The maximum absolute atomic E-state index is 12.7. The van der Waals surface area contributed by atoms with E-state index in [-0.39, 0.29) is 21.6 Å². The van der Waals surface area contributed by atoms with Crippen molar-refractivity contribution >= 4 is 45.0 Å². The highest BCUT2D eigenvalue weighted by atomic mass is 35.5. The number of aromatic nitrogens is 4. The third kappa shape index (κ3) is 5.15. The molecule has 0 spiro atoms. The zero-order valence-corrected chi connectivity index (χ0v) is 19.1. The normalized spacial score (nSPS) is 12.7. The number of thioether (sulfide) groups is 1. The molecule has 3 aromatic rings. The number of aromatic hydroxyl groups is 1. The van der Waals surface area contributed by atoms with Crippen LogP contribution in [0.5, 0.6) is 5.75 Å². The van der Waals surface area contributed by atoms with Gasteiger partial charge in [0.1, 0.15) is 10.6 Å². The van der Waals surface area contributed by atoms with E-state index in [9.17, 15) is 18.3 Å². The predicted octanol–water partition coefficient (Wildman–Crippen LogP) is 2.39. The summed E-state index contributed by atoms with van der Waals surface area (Å²) in [6, 6.07) is 10.5. The SMILES string of the molecule is CC(Sc1nnnn1-c1ccc(O)cc1)C(=O)Nc1ccc(Cl)c(S(=O)(=O)N(C)C)c1. The van der Waals surface area contributed by atoms with E-state index < -0.39 is 15.3 Å². The Kier molecular flexibility index (Phi) is 6.84. The minimum atomic E-state index is -3.77. The third-order valence-electron chi connectivity index (χ3n) is 4.14. The van der Waals surface area contributed by atoms with E-state index in [2.05, 4.69) is 20.8 Å². The molecule has 3 rings (SSSR count). The van der Waals surface area contributed by atoms with Gasteiger partial charge in [0.2, 0.25) is 21.1 Å². The summed E-state index contributed by atoms with van der Waals surface area (Å²) in [6.07, 6.45) is 0. The highest BCUT2D eigenvalue weighted by Crippen LogP contribution is 2.28. The monoisotopic (exact) mass is 482 g/mol. The van der Waals surface area contributed by atoms with E-state index in [1.807, 2.05) is 0 Å². The van der Waals surface area contributed by atoms with Crippen molar-refractivity contribution in [2.45, 2.75) is 22.2 Å². The molecule has 0 aliphatic carbocycles. The van der Waals surface area contributed by atoms with Gasteiger partial charge in [-0.3, -0.25) is 4.79 Å². The maximum atomic E-state index is 12.7. The van der Waals surface area contributed by atoms with Crippen molar-refractivity contribution in [2.24, 2.45) is 0 Å². The number of hydrogen-bond donors (Lipinski definition) is 2. The molecule has 10 nitrogen and oxygen atoms in total. The number of sulfonamides is 1. The van der Waals surface area contributed by atoms with E-state index in [0.29, 0.717) is 16.5 Å². The molecule has 2 N–H and O–H groups in total. The van der Waals surface area contributed by atoms with E-state index in [1.165, 1.54) is 49.1 Å². The number of benzene rings is 2. The van der Waals surface area contributed by atoms with Crippen molar-refractivity contribution in [3.63, 3.8) is 0 Å². The average molecular weight is 483 g/mol. The molecule has 1 heterocycles. The molecule has 1 unspecified atom stereocenters. The molecular weight excluding hydrogens is 464 g/mol. The van der Waals surface area contributed by atoms with Crippen LogP contribution in [0.2, 0.25) is 5.02 Å². The Bertz CT molecular complexity index is 1200. The van der Waals surface area contributed by atoms with Crippen LogP contribution >= 0.6 is 23.4 Å². The Morgan fingerprint density at radius 3 is 2.55 bits per heavy atom. The highest BCUT2D eigenvalue weighted by molar-refractivity contribution is 8.00. The zero-order chi connectivity index (χ0) is 22.8. The van der Waals surface area contributed by atoms with Crippen LogP contribution in [-0.2, 0) is 14.8 Å². The van der Waals surface area contributed by atoms with Crippen LogP contribution < -0.4 is 5.32 Å². The fraction of sp³-hybridized carbons (Fsp3) is 0.222. The lowest BCUT2D eigenvalue weighted by atomic mass is 10.3. The molecule has 31 heavy (non-hydrogen) atoms. The molecule has 0 aliphatic heterocycles. The van der Waals surface area contributed by atoms with Crippen LogP contribution in [0.3, 0.4) is 0 Å². The third-order valence-corrected chi connectivity index (χ3v) is 7.47. The number of amides is 1. The van der Waals surface area contributed by atoms with Crippen molar-refractivity contribution in [3.05, 3.63) is 47.5 Å². The second-order valence-corrected chi connectivity index (χ2v) is 10.4. The highest BCUT2D eigenvalue weighted by Gasteiger charge is 2.23. The smallest absolute Gasteiger partial charge is 0.244 e. The molecule has 0 fully saturated rings. The summed E-state index contributed by atoms with van der Waals surface area (Å²) in [5.74, 6) is -0.266. The van der Waals surface area contributed by atoms with E-state index >= 15 is 0 Å². The molecule has 0 saturated heterocycles. The van der Waals surface area contributed by atoms with Crippen LogP contribution in [0.15, 0.2) is 52.5 Å². The molecule has 2 aromatic carbocycles. The Morgan fingerprint density at radius 1 is 1.23 bits per heavy atom. The Balaban J connectivity index is 1.76. The molecule has 0 bridgehead atoms. The molecule has 164 valence electrons. The molecule has 1 atom stereocenters. The summed E-state index contributed by atoms with van der Waals surface area (Å²) in [5, 5.41) is 23.4. The lowest BCUT2D eigenvalue weighted by Crippen LogP contribution is -2.24. The van der Waals surface area contributed by atoms with Crippen LogP contribution in [0, 0.1) is 0 Å². The Labute approximate surface area is 188 Å². The molecule has 1 amide bonds. The molecule has 1 aromatic heterocycles. The summed E-state index contributed by atoms with van der Waals surface area (Å²) in [5.41, 5.74) is 0.912. The van der Waals surface area contributed by atoms with Crippen LogP contribution in [-0.4, -0.2) is 63.3 Å². The summed E-state index contributed by atoms with van der Waals surface area (Å²) < 4.78 is 27.3. The Hall–Kier alpha value is -2.67. The number of rotatable bonds is 7. The quantitative estimate of drug-likeness (QED) is 0.491. The number of halogens is 1. The molecule has 0 saturated carbocycles. The fourth-order valence-electron chi connectivity index (χ4n) is 2.44. The van der Waals surface area contributed by atoms with Gasteiger partial charge in [-0.05, 0) is 59.8 Å². The van der Waals surface area contributed by atoms with Crippen molar-refractivity contribution in [1.82, 2.24) is 24.5 Å². The summed E-state index contributed by atoms with van der Waals surface area (Å²) in [7, 11) is -0.976. The van der Waals surface area contributed by atoms with Crippen LogP contribution in [0.1, 0.15) is 6.92 Å². The molecule has 13 heteroatoms. The topological polar surface area (TPSA) is 130 Å². The minimum absolute atomic E-state index is 0.0576. The number of anilines is 1. The van der Waals surface area contributed by atoms with E-state index in [0.717, 1.165) is 16.1 Å². The van der Waals surface area contributed by atoms with Gasteiger partial charge in [0, 0.05) is 19.8 Å². The number of phenolic OH excluding ortho intramolecular Hbond substituents is 1. The van der Waals surface area contributed by atoms with Crippen molar-refractivity contribution in [2.75, 3.05) is 19.4 Å². The van der Waals surface area contributed by atoms with Gasteiger partial charge in [-0.1, -0.05) is 23.4 Å². The number of nitrogens with one attached hydrogen (secondary N) is 1. The van der Waals surface area contributed by atoms with Crippen molar-refractivity contribution in [3.8, 4) is 11.4 Å². The predicted molar refractivity (Wildman–Crippen MR) is 117 cm³/mol. The van der Waals surface area contributed by atoms with Gasteiger partial charge in [0.15, 0.2) is 0 Å². The first-order valence-electron chi connectivity index (χ1n) is 8.87. The average Bonchev–Trinajstić information content (AvgIpc) is 3.17. The second kappa shape index (κ2) is 9.22. The molecular formula is C18H19ClN6O4S2. The van der Waals surface area contributed by atoms with Crippen LogP contribution in [0.4, 0.5) is 5.69 Å². The second-order valence-electron chi connectivity index (χ2n) is 6.57. The number of phenols is 1. The largest absolute Gasteiger partial charge is 0.508 e. The summed E-state index contributed by atoms with van der Waals surface area (Å²) in [6.45, 7) is 1.67. The van der Waals surface area contributed by atoms with Gasteiger partial charge in [-0.15, -0.1) is 5.10 Å². The lowest BCUT2D eigenvalue weighted by Gasteiger charge is -2.15. The summed E-state index contributed by atoms with van der Waals surface area (Å²) in [4.78, 5) is 12.6. The van der Waals surface area contributed by atoms with Crippen LogP contribution in [0.25, 0.3) is 5.69 Å². The lowest BCUT2D eigenvalue weighted by molar-refractivity contribution is -0.115. The van der Waals surface area contributed by atoms with Crippen molar-refractivity contribution < 1.29 is 18.3 Å². The molecule has 0 radical (unpaired) electrons.